The molecule has 0 aliphatic carbocycles. The zero-order valence-electron chi connectivity index (χ0n) is 9.11. The average molecular weight is 251 g/mol. The molecule has 0 radical (unpaired) electrons. The highest BCUT2D eigenvalue weighted by atomic mass is 19.4. The van der Waals surface area contributed by atoms with Crippen LogP contribution in [0.3, 0.4) is 0 Å². The fraction of sp³-hybridized carbons (Fsp3) is 0.0769. The Morgan fingerprint density at radius 2 is 1.61 bits per heavy atom. The smallest absolute Gasteiger partial charge is 0.289 e. The van der Waals surface area contributed by atoms with Crippen LogP contribution in [-0.2, 0) is 6.18 Å². The van der Waals surface area contributed by atoms with E-state index in [4.69, 9.17) is 0 Å². The van der Waals surface area contributed by atoms with Crippen LogP contribution in [0.25, 0.3) is 0 Å². The lowest BCUT2D eigenvalue weighted by atomic mass is 9.99. The Labute approximate surface area is 101 Å². The Hall–Kier alpha value is -2.17. The summed E-state index contributed by atoms with van der Waals surface area (Å²) in [7, 11) is 0. The lowest BCUT2D eigenvalue weighted by Crippen LogP contribution is -2.13. The number of carbonyl (C=O) groups excluding carboxylic acids is 1. The molecule has 0 spiro atoms. The number of nitrogens with zero attached hydrogens (tertiary/aromatic N) is 1. The van der Waals surface area contributed by atoms with E-state index in [0.717, 1.165) is 6.07 Å². The van der Waals surface area contributed by atoms with Crippen molar-refractivity contribution in [3.63, 3.8) is 0 Å². The van der Waals surface area contributed by atoms with Crippen molar-refractivity contribution in [3.8, 4) is 0 Å². The first-order valence-electron chi connectivity index (χ1n) is 5.11. The monoisotopic (exact) mass is 251 g/mol. The second kappa shape index (κ2) is 4.60. The number of pyridine rings is 1. The van der Waals surface area contributed by atoms with Crippen LogP contribution in [0.1, 0.15) is 21.5 Å². The van der Waals surface area contributed by atoms with Gasteiger partial charge in [0, 0.05) is 23.5 Å². The van der Waals surface area contributed by atoms with Crippen molar-refractivity contribution >= 4 is 5.78 Å². The standard InChI is InChI=1S/C13H8F3NO/c14-13(15,16)11-4-2-1-3-10(11)12(18)9-5-7-17-8-6-9/h1-8H. The molecule has 0 aliphatic heterocycles. The van der Waals surface area contributed by atoms with Gasteiger partial charge in [0.1, 0.15) is 0 Å². The summed E-state index contributed by atoms with van der Waals surface area (Å²) in [5.74, 6) is -0.662. The topological polar surface area (TPSA) is 30.0 Å². The van der Waals surface area contributed by atoms with E-state index < -0.39 is 17.5 Å². The van der Waals surface area contributed by atoms with Crippen LogP contribution in [-0.4, -0.2) is 10.8 Å². The molecule has 1 heterocycles. The third-order valence-corrected chi connectivity index (χ3v) is 2.42. The zero-order valence-corrected chi connectivity index (χ0v) is 9.11. The van der Waals surface area contributed by atoms with Crippen LogP contribution in [0.2, 0.25) is 0 Å². The Morgan fingerprint density at radius 3 is 2.22 bits per heavy atom. The first kappa shape index (κ1) is 12.3. The fourth-order valence-corrected chi connectivity index (χ4v) is 1.59. The quantitative estimate of drug-likeness (QED) is 0.766. The molecule has 2 nitrogen and oxygen atoms in total. The maximum Gasteiger partial charge on any atom is 0.417 e. The SMILES string of the molecule is O=C(c1ccncc1)c1ccccc1C(F)(F)F. The van der Waals surface area contributed by atoms with Gasteiger partial charge < -0.3 is 0 Å². The first-order chi connectivity index (χ1) is 8.50. The van der Waals surface area contributed by atoms with Crippen molar-refractivity contribution in [1.29, 1.82) is 0 Å². The summed E-state index contributed by atoms with van der Waals surface area (Å²) in [4.78, 5) is 15.7. The van der Waals surface area contributed by atoms with Crippen LogP contribution >= 0.6 is 0 Å². The number of rotatable bonds is 2. The van der Waals surface area contributed by atoms with E-state index in [1.807, 2.05) is 0 Å². The summed E-state index contributed by atoms with van der Waals surface area (Å²) < 4.78 is 38.3. The zero-order chi connectivity index (χ0) is 13.2. The van der Waals surface area contributed by atoms with E-state index in [2.05, 4.69) is 4.98 Å². The third-order valence-electron chi connectivity index (χ3n) is 2.42. The highest BCUT2D eigenvalue weighted by Gasteiger charge is 2.34. The van der Waals surface area contributed by atoms with Gasteiger partial charge in [-0.2, -0.15) is 13.2 Å². The van der Waals surface area contributed by atoms with Crippen molar-refractivity contribution in [2.75, 3.05) is 0 Å². The van der Waals surface area contributed by atoms with Gasteiger partial charge in [0.25, 0.3) is 0 Å². The average Bonchev–Trinajstić information content (AvgIpc) is 2.38. The van der Waals surface area contributed by atoms with E-state index in [9.17, 15) is 18.0 Å². The molecule has 0 aliphatic rings. The molecule has 0 unspecified atom stereocenters. The summed E-state index contributed by atoms with van der Waals surface area (Å²) in [6.07, 6.45) is -1.81. The number of alkyl halides is 3. The van der Waals surface area contributed by atoms with Crippen molar-refractivity contribution in [2.24, 2.45) is 0 Å². The summed E-state index contributed by atoms with van der Waals surface area (Å²) in [6.45, 7) is 0. The number of hydrogen-bond donors (Lipinski definition) is 0. The van der Waals surface area contributed by atoms with Crippen molar-refractivity contribution in [1.82, 2.24) is 4.98 Å². The van der Waals surface area contributed by atoms with Gasteiger partial charge in [0.05, 0.1) is 5.56 Å². The molecule has 1 aromatic heterocycles. The number of benzene rings is 1. The van der Waals surface area contributed by atoms with Gasteiger partial charge >= 0.3 is 6.18 Å². The second-order valence-electron chi connectivity index (χ2n) is 3.61. The number of carbonyl (C=O) groups is 1. The Morgan fingerprint density at radius 1 is 1.00 bits per heavy atom. The van der Waals surface area contributed by atoms with Crippen LogP contribution in [0.15, 0.2) is 48.8 Å². The van der Waals surface area contributed by atoms with Crippen LogP contribution in [0.5, 0.6) is 0 Å². The van der Waals surface area contributed by atoms with Crippen LogP contribution in [0, 0.1) is 0 Å². The molecule has 0 amide bonds. The minimum atomic E-state index is -4.54. The summed E-state index contributed by atoms with van der Waals surface area (Å²) in [6, 6.07) is 7.50. The molecular weight excluding hydrogens is 243 g/mol. The summed E-state index contributed by atoms with van der Waals surface area (Å²) in [5, 5.41) is 0. The maximum atomic E-state index is 12.8. The third kappa shape index (κ3) is 2.40. The van der Waals surface area contributed by atoms with Crippen LogP contribution in [0.4, 0.5) is 13.2 Å². The summed E-state index contributed by atoms with van der Waals surface area (Å²) >= 11 is 0. The van der Waals surface area contributed by atoms with Gasteiger partial charge in [0.15, 0.2) is 5.78 Å². The molecule has 0 saturated heterocycles. The Balaban J connectivity index is 2.50. The van der Waals surface area contributed by atoms with E-state index in [0.29, 0.717) is 0 Å². The molecule has 0 atom stereocenters. The lowest BCUT2D eigenvalue weighted by molar-refractivity contribution is -0.137. The molecule has 0 saturated carbocycles. The molecule has 0 N–H and O–H groups in total. The van der Waals surface area contributed by atoms with Crippen molar-refractivity contribution < 1.29 is 18.0 Å². The fourth-order valence-electron chi connectivity index (χ4n) is 1.59. The van der Waals surface area contributed by atoms with Crippen molar-refractivity contribution in [3.05, 3.63) is 65.5 Å². The predicted octanol–water partition coefficient (Wildman–Crippen LogP) is 3.33. The number of ketones is 1. The Kier molecular flexibility index (Phi) is 3.14. The molecular formula is C13H8F3NO. The molecule has 0 bridgehead atoms. The lowest BCUT2D eigenvalue weighted by Gasteiger charge is -2.11. The molecule has 92 valence electrons. The molecule has 0 fully saturated rings. The molecule has 18 heavy (non-hydrogen) atoms. The highest BCUT2D eigenvalue weighted by molar-refractivity contribution is 6.09. The van der Waals surface area contributed by atoms with Gasteiger partial charge in [-0.15, -0.1) is 0 Å². The normalized spacial score (nSPS) is 11.3. The predicted molar refractivity (Wildman–Crippen MR) is 59.1 cm³/mol. The second-order valence-corrected chi connectivity index (χ2v) is 3.61. The molecule has 1 aromatic carbocycles. The van der Waals surface area contributed by atoms with E-state index >= 15 is 0 Å². The highest BCUT2D eigenvalue weighted by Crippen LogP contribution is 2.32. The van der Waals surface area contributed by atoms with E-state index in [-0.39, 0.29) is 11.1 Å². The summed E-state index contributed by atoms with van der Waals surface area (Å²) in [5.41, 5.74) is -1.09. The number of halogens is 3. The molecule has 2 rings (SSSR count). The Bertz CT molecular complexity index is 564. The van der Waals surface area contributed by atoms with Gasteiger partial charge in [0.2, 0.25) is 0 Å². The van der Waals surface area contributed by atoms with Crippen molar-refractivity contribution in [2.45, 2.75) is 6.18 Å². The van der Waals surface area contributed by atoms with Gasteiger partial charge in [-0.25, -0.2) is 0 Å². The van der Waals surface area contributed by atoms with Crippen LogP contribution < -0.4 is 0 Å². The molecule has 5 heteroatoms. The minimum Gasteiger partial charge on any atom is -0.289 e. The first-order valence-corrected chi connectivity index (χ1v) is 5.11. The van der Waals surface area contributed by atoms with E-state index in [1.54, 1.807) is 0 Å². The van der Waals surface area contributed by atoms with Gasteiger partial charge in [-0.3, -0.25) is 9.78 Å². The van der Waals surface area contributed by atoms with Gasteiger partial charge in [-0.1, -0.05) is 18.2 Å². The maximum absolute atomic E-state index is 12.8. The number of hydrogen-bond acceptors (Lipinski definition) is 2. The van der Waals surface area contributed by atoms with E-state index in [1.165, 1.54) is 42.7 Å². The van der Waals surface area contributed by atoms with Gasteiger partial charge in [-0.05, 0) is 18.2 Å². The largest absolute Gasteiger partial charge is 0.417 e. The molecule has 2 aromatic rings. The minimum absolute atomic E-state index is 0.182. The number of aromatic nitrogens is 1.